The van der Waals surface area contributed by atoms with Gasteiger partial charge in [0.05, 0.1) is 10.7 Å². The number of ether oxygens (including phenoxy) is 2. The number of nitrogens with one attached hydrogen (secondary N) is 1. The third-order valence-corrected chi connectivity index (χ3v) is 5.19. The number of hydrogen-bond donors (Lipinski definition) is 1. The Kier molecular flexibility index (Phi) is 6.80. The van der Waals surface area contributed by atoms with Gasteiger partial charge in [0, 0.05) is 16.7 Å². The van der Waals surface area contributed by atoms with Crippen LogP contribution in [0.4, 0.5) is 5.69 Å². The van der Waals surface area contributed by atoms with E-state index >= 15 is 0 Å². The smallest absolute Gasteiger partial charge is 0.174 e. The summed E-state index contributed by atoms with van der Waals surface area (Å²) in [4.78, 5) is 0. The Hall–Kier alpha value is -1.73. The Morgan fingerprint density at radius 1 is 0.962 bits per heavy atom. The molecule has 0 spiro atoms. The Bertz CT molecular complexity index is 854. The van der Waals surface area contributed by atoms with E-state index in [9.17, 15) is 0 Å². The minimum atomic E-state index is 0.518. The van der Waals surface area contributed by atoms with Crippen molar-refractivity contribution in [1.82, 2.24) is 0 Å². The average Bonchev–Trinajstić information content (AvgIpc) is 2.67. The normalized spacial score (nSPS) is 10.4. The highest BCUT2D eigenvalue weighted by atomic mass is 127. The van der Waals surface area contributed by atoms with Gasteiger partial charge in [0.25, 0.3) is 0 Å². The van der Waals surface area contributed by atoms with Crippen LogP contribution < -0.4 is 14.8 Å². The second-order valence-corrected chi connectivity index (χ2v) is 7.82. The van der Waals surface area contributed by atoms with Crippen molar-refractivity contribution in [1.29, 1.82) is 0 Å². The van der Waals surface area contributed by atoms with E-state index < -0.39 is 0 Å². The van der Waals surface area contributed by atoms with Crippen LogP contribution in [0.1, 0.15) is 11.1 Å². The highest BCUT2D eigenvalue weighted by Gasteiger charge is 2.12. The van der Waals surface area contributed by atoms with Crippen molar-refractivity contribution in [2.24, 2.45) is 0 Å². The number of halogens is 2. The van der Waals surface area contributed by atoms with Gasteiger partial charge in [-0.25, -0.2) is 0 Å². The van der Waals surface area contributed by atoms with Crippen molar-refractivity contribution in [2.45, 2.75) is 13.2 Å². The van der Waals surface area contributed by atoms with E-state index in [1.54, 1.807) is 7.11 Å². The van der Waals surface area contributed by atoms with Gasteiger partial charge in [-0.05, 0) is 70.1 Å². The van der Waals surface area contributed by atoms with Gasteiger partial charge in [-0.15, -0.1) is 0 Å². The first-order valence-corrected chi connectivity index (χ1v) is 10.1. The van der Waals surface area contributed by atoms with E-state index in [0.29, 0.717) is 13.2 Å². The van der Waals surface area contributed by atoms with E-state index in [1.165, 1.54) is 0 Å². The summed E-state index contributed by atoms with van der Waals surface area (Å²) in [7, 11) is 1.67. The van der Waals surface area contributed by atoms with Crippen LogP contribution in [0.3, 0.4) is 0 Å². The average molecular weight is 524 g/mol. The molecule has 0 amide bonds. The molecule has 3 aromatic carbocycles. The first-order valence-electron chi connectivity index (χ1n) is 8.18. The molecule has 0 heterocycles. The minimum absolute atomic E-state index is 0.518. The van der Waals surface area contributed by atoms with Crippen LogP contribution in [0, 0.1) is 3.57 Å². The van der Waals surface area contributed by atoms with Gasteiger partial charge >= 0.3 is 0 Å². The molecule has 0 saturated carbocycles. The molecule has 0 saturated heterocycles. The van der Waals surface area contributed by atoms with Gasteiger partial charge in [0.1, 0.15) is 6.61 Å². The number of anilines is 1. The van der Waals surface area contributed by atoms with E-state index in [2.05, 4.69) is 62.0 Å². The molecule has 3 nitrogen and oxygen atoms in total. The molecule has 0 aliphatic carbocycles. The summed E-state index contributed by atoms with van der Waals surface area (Å²) < 4.78 is 13.7. The summed E-state index contributed by atoms with van der Waals surface area (Å²) >= 11 is 5.75. The summed E-state index contributed by atoms with van der Waals surface area (Å²) in [6.07, 6.45) is 0. The van der Waals surface area contributed by atoms with E-state index in [-0.39, 0.29) is 0 Å². The Morgan fingerprint density at radius 3 is 2.38 bits per heavy atom. The standard InChI is InChI=1S/C21H19BrINO2/c1-25-20-12-16(13-24-18-9-7-17(22)8-10-18)11-19(23)21(20)26-14-15-5-3-2-4-6-15/h2-12,24H,13-14H2,1H3. The molecule has 0 fully saturated rings. The summed E-state index contributed by atoms with van der Waals surface area (Å²) in [5, 5.41) is 3.42. The molecule has 1 N–H and O–H groups in total. The summed E-state index contributed by atoms with van der Waals surface area (Å²) in [6, 6.07) is 22.4. The number of benzene rings is 3. The first kappa shape index (κ1) is 19.0. The zero-order chi connectivity index (χ0) is 18.4. The predicted molar refractivity (Wildman–Crippen MR) is 118 cm³/mol. The maximum atomic E-state index is 6.02. The second kappa shape index (κ2) is 9.28. The lowest BCUT2D eigenvalue weighted by Gasteiger charge is -2.15. The van der Waals surface area contributed by atoms with Gasteiger partial charge in [-0.1, -0.05) is 46.3 Å². The van der Waals surface area contributed by atoms with Crippen molar-refractivity contribution in [3.8, 4) is 11.5 Å². The van der Waals surface area contributed by atoms with Gasteiger partial charge in [0.15, 0.2) is 11.5 Å². The van der Waals surface area contributed by atoms with Gasteiger partial charge in [-0.3, -0.25) is 0 Å². The molecule has 0 aromatic heterocycles. The van der Waals surface area contributed by atoms with Crippen LogP contribution in [0.25, 0.3) is 0 Å². The number of hydrogen-bond acceptors (Lipinski definition) is 3. The monoisotopic (exact) mass is 523 g/mol. The zero-order valence-electron chi connectivity index (χ0n) is 14.3. The maximum absolute atomic E-state index is 6.02. The van der Waals surface area contributed by atoms with E-state index in [0.717, 1.165) is 36.4 Å². The molecular formula is C21H19BrINO2. The molecule has 3 rings (SSSR count). The minimum Gasteiger partial charge on any atom is -0.493 e. The highest BCUT2D eigenvalue weighted by Crippen LogP contribution is 2.34. The van der Waals surface area contributed by atoms with Crippen LogP contribution in [0.15, 0.2) is 71.2 Å². The molecule has 0 radical (unpaired) electrons. The fourth-order valence-corrected chi connectivity index (χ4v) is 3.60. The van der Waals surface area contributed by atoms with Crippen LogP contribution in [-0.2, 0) is 13.2 Å². The van der Waals surface area contributed by atoms with Gasteiger partial charge < -0.3 is 14.8 Å². The van der Waals surface area contributed by atoms with Crippen molar-refractivity contribution in [3.63, 3.8) is 0 Å². The molecule has 0 bridgehead atoms. The van der Waals surface area contributed by atoms with E-state index in [4.69, 9.17) is 9.47 Å². The fraction of sp³-hybridized carbons (Fsp3) is 0.143. The topological polar surface area (TPSA) is 30.5 Å². The third kappa shape index (κ3) is 5.14. The van der Waals surface area contributed by atoms with Crippen LogP contribution in [0.5, 0.6) is 11.5 Å². The van der Waals surface area contributed by atoms with Gasteiger partial charge in [0.2, 0.25) is 0 Å². The Labute approximate surface area is 176 Å². The second-order valence-electron chi connectivity index (χ2n) is 5.74. The zero-order valence-corrected chi connectivity index (χ0v) is 18.1. The summed E-state index contributed by atoms with van der Waals surface area (Å²) in [6.45, 7) is 1.23. The molecule has 134 valence electrons. The first-order chi connectivity index (χ1) is 12.7. The maximum Gasteiger partial charge on any atom is 0.174 e. The Balaban J connectivity index is 1.70. The summed E-state index contributed by atoms with van der Waals surface area (Å²) in [5.74, 6) is 1.53. The lowest BCUT2D eigenvalue weighted by atomic mass is 10.2. The molecule has 5 heteroatoms. The SMILES string of the molecule is COc1cc(CNc2ccc(Br)cc2)cc(I)c1OCc1ccccc1. The molecule has 0 aliphatic heterocycles. The Morgan fingerprint density at radius 2 is 1.69 bits per heavy atom. The molecule has 3 aromatic rings. The summed E-state index contributed by atoms with van der Waals surface area (Å²) in [5.41, 5.74) is 3.35. The molecule has 0 unspecified atom stereocenters. The number of rotatable bonds is 7. The van der Waals surface area contributed by atoms with Gasteiger partial charge in [-0.2, -0.15) is 0 Å². The quantitative estimate of drug-likeness (QED) is 0.371. The molecule has 26 heavy (non-hydrogen) atoms. The van der Waals surface area contributed by atoms with Crippen LogP contribution >= 0.6 is 38.5 Å². The predicted octanol–water partition coefficient (Wildman–Crippen LogP) is 6.25. The fourth-order valence-electron chi connectivity index (χ4n) is 2.52. The van der Waals surface area contributed by atoms with E-state index in [1.807, 2.05) is 48.5 Å². The van der Waals surface area contributed by atoms with Crippen molar-refractivity contribution >= 4 is 44.2 Å². The highest BCUT2D eigenvalue weighted by molar-refractivity contribution is 14.1. The third-order valence-electron chi connectivity index (χ3n) is 3.86. The molecule has 0 atom stereocenters. The lowest BCUT2D eigenvalue weighted by Crippen LogP contribution is -2.03. The molecular weight excluding hydrogens is 505 g/mol. The lowest BCUT2D eigenvalue weighted by molar-refractivity contribution is 0.282. The van der Waals surface area contributed by atoms with Crippen molar-refractivity contribution in [3.05, 3.63) is 85.9 Å². The van der Waals surface area contributed by atoms with Crippen LogP contribution in [0.2, 0.25) is 0 Å². The van der Waals surface area contributed by atoms with Crippen molar-refractivity contribution in [2.75, 3.05) is 12.4 Å². The molecule has 0 aliphatic rings. The largest absolute Gasteiger partial charge is 0.493 e. The number of methoxy groups -OCH3 is 1. The van der Waals surface area contributed by atoms with Crippen molar-refractivity contribution < 1.29 is 9.47 Å². The van der Waals surface area contributed by atoms with Crippen LogP contribution in [-0.4, -0.2) is 7.11 Å².